The van der Waals surface area contributed by atoms with Gasteiger partial charge in [0, 0.05) is 20.6 Å². The van der Waals surface area contributed by atoms with Crippen molar-refractivity contribution in [3.63, 3.8) is 0 Å². The van der Waals surface area contributed by atoms with Gasteiger partial charge in [0.15, 0.2) is 0 Å². The zero-order valence-corrected chi connectivity index (χ0v) is 13.5. The Bertz CT molecular complexity index is 264. The molecule has 4 heteroatoms. The van der Waals surface area contributed by atoms with Crippen molar-refractivity contribution >= 4 is 5.91 Å². The molecule has 0 aromatic carbocycles. The normalized spacial score (nSPS) is 17.6. The Kier molecular flexibility index (Phi) is 8.26. The minimum absolute atomic E-state index is 0.0106. The molecule has 0 aromatic rings. The zero-order chi connectivity index (χ0) is 14.9. The SMILES string of the molecule is CCC(C)(CCOC(C)(CC)CCNC(C)=O)OC. The molecule has 4 nitrogen and oxygen atoms in total. The van der Waals surface area contributed by atoms with Crippen LogP contribution in [0.1, 0.15) is 60.3 Å². The minimum atomic E-state index is -0.176. The molecule has 0 aliphatic heterocycles. The van der Waals surface area contributed by atoms with Crippen molar-refractivity contribution in [1.29, 1.82) is 0 Å². The maximum Gasteiger partial charge on any atom is 0.216 e. The van der Waals surface area contributed by atoms with Crippen LogP contribution in [0.4, 0.5) is 0 Å². The van der Waals surface area contributed by atoms with Gasteiger partial charge in [-0.15, -0.1) is 0 Å². The number of amides is 1. The lowest BCUT2D eigenvalue weighted by molar-refractivity contribution is -0.119. The highest BCUT2D eigenvalue weighted by Crippen LogP contribution is 2.23. The van der Waals surface area contributed by atoms with Crippen molar-refractivity contribution in [2.75, 3.05) is 20.3 Å². The fourth-order valence-corrected chi connectivity index (χ4v) is 1.79. The van der Waals surface area contributed by atoms with Gasteiger partial charge in [-0.05, 0) is 39.5 Å². The van der Waals surface area contributed by atoms with Gasteiger partial charge in [-0.1, -0.05) is 13.8 Å². The third-order valence-corrected chi connectivity index (χ3v) is 4.10. The summed E-state index contributed by atoms with van der Waals surface area (Å²) in [6.07, 6.45) is 3.62. The maximum absolute atomic E-state index is 10.9. The highest BCUT2D eigenvalue weighted by atomic mass is 16.5. The Morgan fingerprint density at radius 2 is 1.68 bits per heavy atom. The molecule has 0 spiro atoms. The molecule has 0 bridgehead atoms. The fraction of sp³-hybridized carbons (Fsp3) is 0.933. The Morgan fingerprint density at radius 3 is 2.11 bits per heavy atom. The molecule has 0 saturated heterocycles. The molecule has 0 rings (SSSR count). The van der Waals surface area contributed by atoms with E-state index in [-0.39, 0.29) is 17.1 Å². The number of ether oxygens (including phenoxy) is 2. The molecule has 0 radical (unpaired) electrons. The van der Waals surface area contributed by atoms with Crippen molar-refractivity contribution in [3.8, 4) is 0 Å². The van der Waals surface area contributed by atoms with E-state index in [0.717, 1.165) is 25.7 Å². The van der Waals surface area contributed by atoms with Crippen LogP contribution >= 0.6 is 0 Å². The Labute approximate surface area is 118 Å². The summed E-state index contributed by atoms with van der Waals surface area (Å²) in [6.45, 7) is 11.3. The van der Waals surface area contributed by atoms with Gasteiger partial charge in [0.1, 0.15) is 0 Å². The number of nitrogens with one attached hydrogen (secondary N) is 1. The summed E-state index contributed by atoms with van der Waals surface area (Å²) in [5.41, 5.74) is -0.281. The first-order valence-electron chi connectivity index (χ1n) is 7.24. The second-order valence-corrected chi connectivity index (χ2v) is 5.64. The maximum atomic E-state index is 10.9. The number of carbonyl (C=O) groups is 1. The molecule has 0 fully saturated rings. The highest BCUT2D eigenvalue weighted by Gasteiger charge is 2.26. The first kappa shape index (κ1) is 18.4. The topological polar surface area (TPSA) is 47.6 Å². The molecule has 0 aromatic heterocycles. The van der Waals surface area contributed by atoms with Crippen molar-refractivity contribution in [2.45, 2.75) is 71.5 Å². The molecule has 0 aliphatic carbocycles. The van der Waals surface area contributed by atoms with Gasteiger partial charge in [-0.25, -0.2) is 0 Å². The molecule has 2 atom stereocenters. The highest BCUT2D eigenvalue weighted by molar-refractivity contribution is 5.72. The van der Waals surface area contributed by atoms with Gasteiger partial charge >= 0.3 is 0 Å². The average Bonchev–Trinajstić information content (AvgIpc) is 2.38. The predicted molar refractivity (Wildman–Crippen MR) is 78.3 cm³/mol. The molecule has 19 heavy (non-hydrogen) atoms. The third kappa shape index (κ3) is 7.53. The largest absolute Gasteiger partial charge is 0.378 e. The van der Waals surface area contributed by atoms with E-state index in [2.05, 4.69) is 33.0 Å². The minimum Gasteiger partial charge on any atom is -0.378 e. The molecule has 0 heterocycles. The lowest BCUT2D eigenvalue weighted by atomic mass is 9.97. The van der Waals surface area contributed by atoms with Crippen LogP contribution < -0.4 is 5.32 Å². The zero-order valence-electron chi connectivity index (χ0n) is 13.5. The molecular formula is C15H31NO3. The van der Waals surface area contributed by atoms with Gasteiger partial charge in [0.05, 0.1) is 17.8 Å². The molecule has 1 N–H and O–H groups in total. The molecule has 114 valence electrons. The van der Waals surface area contributed by atoms with Gasteiger partial charge in [0.25, 0.3) is 0 Å². The summed E-state index contributed by atoms with van der Waals surface area (Å²) in [5.74, 6) is 0.0106. The molecule has 0 aliphatic rings. The van der Waals surface area contributed by atoms with Crippen molar-refractivity contribution in [3.05, 3.63) is 0 Å². The monoisotopic (exact) mass is 273 g/mol. The molecule has 1 amide bonds. The van der Waals surface area contributed by atoms with Crippen molar-refractivity contribution in [2.24, 2.45) is 0 Å². The van der Waals surface area contributed by atoms with Gasteiger partial charge in [-0.3, -0.25) is 4.79 Å². The summed E-state index contributed by atoms with van der Waals surface area (Å²) >= 11 is 0. The second-order valence-electron chi connectivity index (χ2n) is 5.64. The summed E-state index contributed by atoms with van der Waals surface area (Å²) in [5, 5.41) is 2.82. The van der Waals surface area contributed by atoms with Crippen molar-refractivity contribution in [1.82, 2.24) is 5.32 Å². The summed E-state index contributed by atoms with van der Waals surface area (Å²) < 4.78 is 11.5. The molecule has 2 unspecified atom stereocenters. The molecule has 0 saturated carbocycles. The number of methoxy groups -OCH3 is 1. The van der Waals surface area contributed by atoms with Crippen LogP contribution in [-0.2, 0) is 14.3 Å². The number of hydrogen-bond acceptors (Lipinski definition) is 3. The van der Waals surface area contributed by atoms with E-state index in [1.807, 2.05) is 0 Å². The Hall–Kier alpha value is -0.610. The summed E-state index contributed by atoms with van der Waals surface area (Å²) in [7, 11) is 1.75. The first-order chi connectivity index (χ1) is 8.81. The van der Waals surface area contributed by atoms with E-state index in [1.54, 1.807) is 7.11 Å². The Morgan fingerprint density at radius 1 is 1.11 bits per heavy atom. The predicted octanol–water partition coefficient (Wildman–Crippen LogP) is 2.90. The second kappa shape index (κ2) is 8.54. The molecular weight excluding hydrogens is 242 g/mol. The van der Waals surface area contributed by atoms with E-state index in [9.17, 15) is 4.79 Å². The smallest absolute Gasteiger partial charge is 0.216 e. The van der Waals surface area contributed by atoms with E-state index < -0.39 is 0 Å². The van der Waals surface area contributed by atoms with E-state index in [0.29, 0.717) is 13.2 Å². The van der Waals surface area contributed by atoms with Crippen molar-refractivity contribution < 1.29 is 14.3 Å². The van der Waals surface area contributed by atoms with Crippen LogP contribution in [0.3, 0.4) is 0 Å². The van der Waals surface area contributed by atoms with E-state index in [1.165, 1.54) is 6.92 Å². The van der Waals surface area contributed by atoms with E-state index in [4.69, 9.17) is 9.47 Å². The van der Waals surface area contributed by atoms with E-state index >= 15 is 0 Å². The van der Waals surface area contributed by atoms with Crippen LogP contribution in [0.5, 0.6) is 0 Å². The first-order valence-corrected chi connectivity index (χ1v) is 7.24. The lowest BCUT2D eigenvalue weighted by Crippen LogP contribution is -2.36. The Balaban J connectivity index is 4.13. The average molecular weight is 273 g/mol. The van der Waals surface area contributed by atoms with Crippen LogP contribution in [-0.4, -0.2) is 37.4 Å². The standard InChI is InChI=1S/C15H31NO3/c1-7-14(4,18-6)10-12-19-15(5,8-2)9-11-16-13(3)17/h7-12H2,1-6H3,(H,16,17). The fourth-order valence-electron chi connectivity index (χ4n) is 1.79. The number of carbonyl (C=O) groups excluding carboxylic acids is 1. The quantitative estimate of drug-likeness (QED) is 0.666. The third-order valence-electron chi connectivity index (χ3n) is 4.10. The van der Waals surface area contributed by atoms with Crippen LogP contribution in [0.25, 0.3) is 0 Å². The summed E-state index contributed by atoms with van der Waals surface area (Å²) in [6, 6.07) is 0. The van der Waals surface area contributed by atoms with Gasteiger partial charge < -0.3 is 14.8 Å². The van der Waals surface area contributed by atoms with Crippen LogP contribution in [0, 0.1) is 0 Å². The van der Waals surface area contributed by atoms with Crippen LogP contribution in [0.2, 0.25) is 0 Å². The van der Waals surface area contributed by atoms with Gasteiger partial charge in [0.2, 0.25) is 5.91 Å². The number of hydrogen-bond donors (Lipinski definition) is 1. The van der Waals surface area contributed by atoms with Crippen LogP contribution in [0.15, 0.2) is 0 Å². The summed E-state index contributed by atoms with van der Waals surface area (Å²) in [4.78, 5) is 10.9. The van der Waals surface area contributed by atoms with Gasteiger partial charge in [-0.2, -0.15) is 0 Å². The lowest BCUT2D eigenvalue weighted by Gasteiger charge is -2.32. The number of rotatable bonds is 10.